The van der Waals surface area contributed by atoms with Crippen molar-refractivity contribution in [3.8, 4) is 12.3 Å². The molecule has 0 N–H and O–H groups in total. The lowest BCUT2D eigenvalue weighted by Crippen LogP contribution is -1.86. The summed E-state index contributed by atoms with van der Waals surface area (Å²) in [5.74, 6) is 2.56. The smallest absolute Gasteiger partial charge is 0.0419 e. The molecule has 0 aliphatic heterocycles. The van der Waals surface area contributed by atoms with Gasteiger partial charge in [0, 0.05) is 24.5 Å². The van der Waals surface area contributed by atoms with Crippen LogP contribution in [0.3, 0.4) is 0 Å². The monoisotopic (exact) mass is 119 g/mol. The molecule has 0 atom stereocenters. The van der Waals surface area contributed by atoms with Crippen LogP contribution in [0.25, 0.3) is 0 Å². The van der Waals surface area contributed by atoms with Gasteiger partial charge in [-0.3, -0.25) is 0 Å². The second kappa shape index (κ2) is 2.41. The molecule has 1 heteroatoms. The van der Waals surface area contributed by atoms with Gasteiger partial charge in [0.05, 0.1) is 0 Å². The van der Waals surface area contributed by atoms with Gasteiger partial charge in [0.15, 0.2) is 0 Å². The van der Waals surface area contributed by atoms with Crippen molar-refractivity contribution in [2.24, 2.45) is 0 Å². The van der Waals surface area contributed by atoms with Crippen molar-refractivity contribution in [1.82, 2.24) is 4.57 Å². The van der Waals surface area contributed by atoms with Crippen molar-refractivity contribution in [1.29, 1.82) is 0 Å². The number of terminal acetylenes is 1. The van der Waals surface area contributed by atoms with E-state index in [4.69, 9.17) is 6.42 Å². The highest BCUT2D eigenvalue weighted by Gasteiger charge is 1.87. The summed E-state index contributed by atoms with van der Waals surface area (Å²) in [4.78, 5) is 0. The van der Waals surface area contributed by atoms with Crippen molar-refractivity contribution in [3.05, 3.63) is 24.0 Å². The van der Waals surface area contributed by atoms with Gasteiger partial charge in [0.2, 0.25) is 0 Å². The first kappa shape index (κ1) is 5.97. The standard InChI is InChI=1S/C8H9N/c1-3-8-5-6-9(4-2)7-8/h1,5-7H,4H2,2H3. The highest BCUT2D eigenvalue weighted by molar-refractivity contribution is 5.29. The molecule has 1 aromatic heterocycles. The third kappa shape index (κ3) is 1.14. The molecule has 1 rings (SSSR count). The zero-order chi connectivity index (χ0) is 6.69. The third-order valence-corrected chi connectivity index (χ3v) is 1.28. The zero-order valence-electron chi connectivity index (χ0n) is 5.46. The van der Waals surface area contributed by atoms with Crippen molar-refractivity contribution < 1.29 is 0 Å². The molecule has 0 amide bonds. The molecule has 0 radical (unpaired) electrons. The van der Waals surface area contributed by atoms with Crippen molar-refractivity contribution >= 4 is 0 Å². The van der Waals surface area contributed by atoms with Crippen LogP contribution in [0.1, 0.15) is 12.5 Å². The lowest BCUT2D eigenvalue weighted by Gasteiger charge is -1.90. The van der Waals surface area contributed by atoms with Gasteiger partial charge in [-0.2, -0.15) is 0 Å². The Hall–Kier alpha value is -1.16. The third-order valence-electron chi connectivity index (χ3n) is 1.28. The highest BCUT2D eigenvalue weighted by Crippen LogP contribution is 1.97. The second-order valence-corrected chi connectivity index (χ2v) is 1.87. The molecule has 0 fully saturated rings. The number of hydrogen-bond acceptors (Lipinski definition) is 0. The average molecular weight is 119 g/mol. The van der Waals surface area contributed by atoms with E-state index in [1.165, 1.54) is 0 Å². The van der Waals surface area contributed by atoms with Crippen LogP contribution < -0.4 is 0 Å². The molecule has 0 saturated carbocycles. The summed E-state index contributed by atoms with van der Waals surface area (Å²) in [6, 6.07) is 1.93. The Morgan fingerprint density at radius 3 is 2.89 bits per heavy atom. The van der Waals surface area contributed by atoms with Gasteiger partial charge in [-0.05, 0) is 13.0 Å². The molecule has 1 heterocycles. The average Bonchev–Trinajstić information content (AvgIpc) is 2.34. The van der Waals surface area contributed by atoms with Gasteiger partial charge >= 0.3 is 0 Å². The van der Waals surface area contributed by atoms with E-state index in [1.54, 1.807) is 0 Å². The molecule has 0 aliphatic rings. The summed E-state index contributed by atoms with van der Waals surface area (Å²) in [5.41, 5.74) is 0.955. The molecular weight excluding hydrogens is 110 g/mol. The lowest BCUT2D eigenvalue weighted by atomic mass is 10.4. The molecule has 46 valence electrons. The molecule has 0 aliphatic carbocycles. The molecule has 0 bridgehead atoms. The van der Waals surface area contributed by atoms with Crippen LogP contribution >= 0.6 is 0 Å². The molecule has 0 unspecified atom stereocenters. The summed E-state index contributed by atoms with van der Waals surface area (Å²) >= 11 is 0. The summed E-state index contributed by atoms with van der Waals surface area (Å²) in [5, 5.41) is 0. The van der Waals surface area contributed by atoms with Crippen LogP contribution in [0.15, 0.2) is 18.5 Å². The minimum Gasteiger partial charge on any atom is -0.353 e. The van der Waals surface area contributed by atoms with Crippen LogP contribution in [0.2, 0.25) is 0 Å². The van der Waals surface area contributed by atoms with Crippen LogP contribution in [0.5, 0.6) is 0 Å². The van der Waals surface area contributed by atoms with Gasteiger partial charge in [0.1, 0.15) is 0 Å². The summed E-state index contributed by atoms with van der Waals surface area (Å²) in [6.45, 7) is 3.07. The van der Waals surface area contributed by atoms with Crippen LogP contribution in [-0.2, 0) is 6.54 Å². The van der Waals surface area contributed by atoms with Gasteiger partial charge in [-0.15, -0.1) is 6.42 Å². The van der Waals surface area contributed by atoms with E-state index in [9.17, 15) is 0 Å². The van der Waals surface area contributed by atoms with Crippen molar-refractivity contribution in [3.63, 3.8) is 0 Å². The Morgan fingerprint density at radius 2 is 2.56 bits per heavy atom. The van der Waals surface area contributed by atoms with Gasteiger partial charge in [0.25, 0.3) is 0 Å². The van der Waals surface area contributed by atoms with E-state index in [-0.39, 0.29) is 0 Å². The van der Waals surface area contributed by atoms with E-state index in [2.05, 4.69) is 17.4 Å². The number of hydrogen-bond donors (Lipinski definition) is 0. The number of rotatable bonds is 1. The Morgan fingerprint density at radius 1 is 1.78 bits per heavy atom. The predicted molar refractivity (Wildman–Crippen MR) is 38.0 cm³/mol. The predicted octanol–water partition coefficient (Wildman–Crippen LogP) is 1.49. The van der Waals surface area contributed by atoms with Crippen molar-refractivity contribution in [2.75, 3.05) is 0 Å². The van der Waals surface area contributed by atoms with E-state index >= 15 is 0 Å². The molecule has 1 aromatic rings. The highest BCUT2D eigenvalue weighted by atomic mass is 14.9. The molecule has 9 heavy (non-hydrogen) atoms. The minimum atomic E-state index is 0.955. The van der Waals surface area contributed by atoms with Crippen LogP contribution in [-0.4, -0.2) is 4.57 Å². The number of aromatic nitrogens is 1. The first-order valence-corrected chi connectivity index (χ1v) is 2.99. The van der Waals surface area contributed by atoms with Gasteiger partial charge in [-0.1, -0.05) is 5.92 Å². The largest absolute Gasteiger partial charge is 0.353 e. The molecule has 0 saturated heterocycles. The van der Waals surface area contributed by atoms with E-state index in [1.807, 2.05) is 18.5 Å². The molecule has 0 spiro atoms. The molecule has 1 nitrogen and oxygen atoms in total. The fourth-order valence-corrected chi connectivity index (χ4v) is 0.723. The fraction of sp³-hybridized carbons (Fsp3) is 0.250. The summed E-state index contributed by atoms with van der Waals surface area (Å²) in [7, 11) is 0. The Bertz CT molecular complexity index is 227. The van der Waals surface area contributed by atoms with E-state index in [0.717, 1.165) is 12.1 Å². The summed E-state index contributed by atoms with van der Waals surface area (Å²) in [6.07, 6.45) is 9.09. The van der Waals surface area contributed by atoms with Gasteiger partial charge < -0.3 is 4.57 Å². The van der Waals surface area contributed by atoms with E-state index < -0.39 is 0 Å². The maximum atomic E-state index is 5.15. The Balaban J connectivity index is 2.90. The maximum Gasteiger partial charge on any atom is 0.0419 e. The Kier molecular flexibility index (Phi) is 1.60. The lowest BCUT2D eigenvalue weighted by molar-refractivity contribution is 0.769. The van der Waals surface area contributed by atoms with Crippen LogP contribution in [0.4, 0.5) is 0 Å². The maximum absolute atomic E-state index is 5.15. The second-order valence-electron chi connectivity index (χ2n) is 1.87. The normalized spacial score (nSPS) is 8.89. The van der Waals surface area contributed by atoms with Crippen molar-refractivity contribution in [2.45, 2.75) is 13.5 Å². The quantitative estimate of drug-likeness (QED) is 0.493. The van der Waals surface area contributed by atoms with Gasteiger partial charge in [-0.25, -0.2) is 0 Å². The van der Waals surface area contributed by atoms with E-state index in [0.29, 0.717) is 0 Å². The topological polar surface area (TPSA) is 4.93 Å². The molecular formula is C8H9N. The SMILES string of the molecule is C#Cc1ccn(CC)c1. The first-order valence-electron chi connectivity index (χ1n) is 2.99. The molecule has 0 aromatic carbocycles. The minimum absolute atomic E-state index is 0.955. The number of nitrogens with zero attached hydrogens (tertiary/aromatic N) is 1. The first-order chi connectivity index (χ1) is 4.36. The fourth-order valence-electron chi connectivity index (χ4n) is 0.723. The Labute approximate surface area is 55.3 Å². The summed E-state index contributed by atoms with van der Waals surface area (Å²) < 4.78 is 2.05. The zero-order valence-corrected chi connectivity index (χ0v) is 5.46. The van der Waals surface area contributed by atoms with Crippen LogP contribution in [0, 0.1) is 12.3 Å². The number of aryl methyl sites for hydroxylation is 1.